The Morgan fingerprint density at radius 3 is 1.68 bits per heavy atom. The lowest BCUT2D eigenvalue weighted by molar-refractivity contribution is -0.394. The molecule has 0 radical (unpaired) electrons. The van der Waals surface area contributed by atoms with E-state index < -0.39 is 225 Å². The smallest absolute Gasteiger partial charge is 0.314 e. The van der Waals surface area contributed by atoms with Crippen molar-refractivity contribution in [2.45, 2.75) is 266 Å². The normalized spacial score (nSPS) is 55.1. The van der Waals surface area contributed by atoms with Gasteiger partial charge in [-0.2, -0.15) is 0 Å². The van der Waals surface area contributed by atoms with Crippen LogP contribution in [0.3, 0.4) is 0 Å². The summed E-state index contributed by atoms with van der Waals surface area (Å²) in [6.07, 6.45) is -35.4. The van der Waals surface area contributed by atoms with Crippen LogP contribution in [0.5, 0.6) is 0 Å². The summed E-state index contributed by atoms with van der Waals surface area (Å²) in [5, 5.41) is 185. The summed E-state index contributed by atoms with van der Waals surface area (Å²) < 4.78 is 60.3. The predicted molar refractivity (Wildman–Crippen MR) is 291 cm³/mol. The second-order valence-electron chi connectivity index (χ2n) is 28.5. The van der Waals surface area contributed by atoms with Crippen LogP contribution in [-0.2, 0) is 52.2 Å². The van der Waals surface area contributed by atoms with Gasteiger partial charge < -0.3 is 134 Å². The van der Waals surface area contributed by atoms with Gasteiger partial charge in [0, 0.05) is 5.41 Å². The summed E-state index contributed by atoms with van der Waals surface area (Å²) in [5.74, 6) is -1.19. The molecule has 0 aromatic rings. The van der Waals surface area contributed by atoms with Crippen molar-refractivity contribution in [3.8, 4) is 0 Å². The van der Waals surface area contributed by atoms with Gasteiger partial charge in [-0.25, -0.2) is 0 Å². The highest BCUT2D eigenvalue weighted by atomic mass is 16.8. The molecule has 34 atom stereocenters. The van der Waals surface area contributed by atoms with E-state index in [1.54, 1.807) is 6.92 Å². The molecule has 5 aliphatic carbocycles. The second-order valence-corrected chi connectivity index (χ2v) is 28.5. The number of esters is 1. The Balaban J connectivity index is 0.893. The Hall–Kier alpha value is -1.83. The first-order chi connectivity index (χ1) is 40.8. The quantitative estimate of drug-likeness (QED) is 0.0442. The van der Waals surface area contributed by atoms with E-state index in [2.05, 4.69) is 40.7 Å². The average Bonchev–Trinajstić information content (AvgIpc) is 1.19. The van der Waals surface area contributed by atoms with E-state index in [-0.39, 0.29) is 43.1 Å². The average molecular weight is 1250 g/mol. The van der Waals surface area contributed by atoms with Gasteiger partial charge in [0.15, 0.2) is 25.2 Å². The third kappa shape index (κ3) is 11.2. The molecule has 5 saturated heterocycles. The van der Waals surface area contributed by atoms with Crippen molar-refractivity contribution >= 4 is 5.97 Å². The van der Waals surface area contributed by atoms with Crippen LogP contribution in [0, 0.1) is 50.2 Å². The van der Waals surface area contributed by atoms with Gasteiger partial charge in [0.25, 0.3) is 0 Å². The summed E-state index contributed by atoms with van der Waals surface area (Å²) in [6.45, 7) is 10.9. The van der Waals surface area contributed by atoms with Crippen LogP contribution in [0.2, 0.25) is 0 Å². The molecule has 0 aromatic heterocycles. The van der Waals surface area contributed by atoms with Crippen molar-refractivity contribution in [3.63, 3.8) is 0 Å². The van der Waals surface area contributed by atoms with Gasteiger partial charge in [-0.15, -0.1) is 0 Å². The van der Waals surface area contributed by atoms with Gasteiger partial charge in [-0.05, 0) is 111 Å². The summed E-state index contributed by atoms with van der Waals surface area (Å²) in [6, 6.07) is 0. The number of allylic oxidation sites excluding steroid dienone is 2. The lowest BCUT2D eigenvalue weighted by Gasteiger charge is -2.72. The number of carbonyl (C=O) groups is 1. The Morgan fingerprint density at radius 2 is 1.08 bits per heavy atom. The van der Waals surface area contributed by atoms with Crippen molar-refractivity contribution in [3.05, 3.63) is 11.6 Å². The first-order valence-corrected chi connectivity index (χ1v) is 30.9. The van der Waals surface area contributed by atoms with Gasteiger partial charge >= 0.3 is 5.97 Å². The minimum Gasteiger partial charge on any atom is -0.432 e. The molecule has 0 bridgehead atoms. The first-order valence-electron chi connectivity index (χ1n) is 30.9. The molecule has 28 heteroatoms. The van der Waals surface area contributed by atoms with Crippen LogP contribution in [0.25, 0.3) is 0 Å². The van der Waals surface area contributed by atoms with Crippen molar-refractivity contribution in [1.29, 1.82) is 0 Å². The van der Waals surface area contributed by atoms with Gasteiger partial charge in [0.05, 0.1) is 56.8 Å². The van der Waals surface area contributed by atoms with Gasteiger partial charge in [0.2, 0.25) is 6.29 Å². The van der Waals surface area contributed by atoms with Crippen molar-refractivity contribution in [2.24, 2.45) is 50.2 Å². The molecule has 10 rings (SSSR count). The lowest BCUT2D eigenvalue weighted by atomic mass is 9.33. The molecule has 0 unspecified atom stereocenters. The Bertz CT molecular complexity index is 2420. The molecular formula is C59H96O28. The van der Waals surface area contributed by atoms with Crippen LogP contribution in [-0.4, -0.2) is 285 Å². The molecular weight excluding hydrogens is 1160 g/mol. The van der Waals surface area contributed by atoms with E-state index in [9.17, 15) is 91.6 Å². The fourth-order valence-corrected chi connectivity index (χ4v) is 17.8. The van der Waals surface area contributed by atoms with Gasteiger partial charge in [0.1, 0.15) is 110 Å². The molecule has 9 fully saturated rings. The maximum atomic E-state index is 14.3. The molecule has 0 aromatic carbocycles. The van der Waals surface area contributed by atoms with E-state index in [0.29, 0.717) is 38.5 Å². The van der Waals surface area contributed by atoms with Crippen molar-refractivity contribution < 1.29 is 139 Å². The Morgan fingerprint density at radius 1 is 0.540 bits per heavy atom. The summed E-state index contributed by atoms with van der Waals surface area (Å²) in [7, 11) is 0. The summed E-state index contributed by atoms with van der Waals surface area (Å²) in [5.41, 5.74) is -3.21. The number of fused-ring (bicyclic) bond motifs is 7. The molecule has 0 spiro atoms. The van der Waals surface area contributed by atoms with Crippen LogP contribution in [0.4, 0.5) is 0 Å². The van der Waals surface area contributed by atoms with Crippen molar-refractivity contribution in [2.75, 3.05) is 33.0 Å². The zero-order valence-corrected chi connectivity index (χ0v) is 50.3. The van der Waals surface area contributed by atoms with Gasteiger partial charge in [-0.3, -0.25) is 4.79 Å². The van der Waals surface area contributed by atoms with E-state index >= 15 is 0 Å². The fourth-order valence-electron chi connectivity index (χ4n) is 17.8. The monoisotopic (exact) mass is 1250 g/mol. The highest BCUT2D eigenvalue weighted by Gasteiger charge is 2.71. The van der Waals surface area contributed by atoms with Gasteiger partial charge in [-0.1, -0.05) is 46.3 Å². The number of hydrogen-bond acceptors (Lipinski definition) is 28. The topological polar surface area (TPSA) is 453 Å². The lowest BCUT2D eigenvalue weighted by Crippen LogP contribution is -2.68. The molecule has 5 aliphatic heterocycles. The zero-order chi connectivity index (χ0) is 63.6. The van der Waals surface area contributed by atoms with Crippen LogP contribution < -0.4 is 0 Å². The number of aliphatic hydroxyl groups excluding tert-OH is 17. The van der Waals surface area contributed by atoms with E-state index in [4.69, 9.17) is 47.4 Å². The zero-order valence-electron chi connectivity index (χ0n) is 50.3. The van der Waals surface area contributed by atoms with E-state index in [1.807, 2.05) is 0 Å². The standard InChI is InChI=1S/C59H96O28/c1-23-34(65)39(70)43(74)48(79-23)86-47-42(73)37(68)28(20-62)82-52(47)83-29-21-78-51(46(38(29)69)85-49-44(75)40(71)35(66)26(18-60)80-49)84-33-11-12-56(5)30(54(33,2)3)10-13-57(6)31(56)9-8-24-25-16-55(4,14-15-59(25,22-63)32(64)17-58(24,57)7)53(77)87-50-45(76)41(72)36(67)27(19-61)81-50/h8,23,25-52,60-76H,9-22H2,1-7H3/t23-,25-,26+,27+,28+,29-,30-,31+,32+,33-,34-,35+,36+,37+,38-,39+,40-,41-,42-,43+,44+,45+,46+,47+,48-,49-,50-,51-,52-,55-,56-,57+,58+,59+/m0/s1. The number of ether oxygens (including phenoxy) is 10. The summed E-state index contributed by atoms with van der Waals surface area (Å²) >= 11 is 0. The highest BCUT2D eigenvalue weighted by molar-refractivity contribution is 5.77. The fraction of sp³-hybridized carbons (Fsp3) is 0.949. The number of rotatable bonds is 14. The number of hydrogen-bond donors (Lipinski definition) is 17. The van der Waals surface area contributed by atoms with Crippen LogP contribution in [0.15, 0.2) is 11.6 Å². The molecule has 5 heterocycles. The molecule has 17 N–H and O–H groups in total. The van der Waals surface area contributed by atoms with Crippen LogP contribution >= 0.6 is 0 Å². The van der Waals surface area contributed by atoms with E-state index in [0.717, 1.165) is 5.57 Å². The Labute approximate surface area is 504 Å². The second kappa shape index (κ2) is 25.1. The largest absolute Gasteiger partial charge is 0.432 e. The minimum atomic E-state index is -1.94. The number of carbonyl (C=O) groups excluding carboxylic acids is 1. The molecule has 28 nitrogen and oxygen atoms in total. The van der Waals surface area contributed by atoms with E-state index in [1.165, 1.54) is 6.92 Å². The Kier molecular flexibility index (Phi) is 19.7. The molecule has 87 heavy (non-hydrogen) atoms. The first kappa shape index (κ1) is 68.0. The summed E-state index contributed by atoms with van der Waals surface area (Å²) in [4.78, 5) is 14.3. The maximum Gasteiger partial charge on any atom is 0.314 e. The maximum absolute atomic E-state index is 14.3. The molecule has 4 saturated carbocycles. The van der Waals surface area contributed by atoms with Crippen LogP contribution in [0.1, 0.15) is 106 Å². The molecule has 10 aliphatic rings. The van der Waals surface area contributed by atoms with Crippen molar-refractivity contribution in [1.82, 2.24) is 0 Å². The molecule has 0 amide bonds. The highest BCUT2D eigenvalue weighted by Crippen LogP contribution is 2.76. The third-order valence-electron chi connectivity index (χ3n) is 23.5. The molecule has 500 valence electrons. The minimum absolute atomic E-state index is 0.0179. The third-order valence-corrected chi connectivity index (χ3v) is 23.5. The SMILES string of the molecule is C[C@@H]1O[C@@H](O[C@H]2[C@H](O[C@H]3CO[C@@H](O[C@H]4CC[C@]5(C)[C@H]6CC=C7[C@@H]8C[C@@](C)(C(=O)O[C@@H]9O[C@H](CO)[C@@H](O)[C@H](O)[C@H]9O)CC[C@]8(CO)[C@H](O)C[C@@]7(C)[C@]6(C)CC[C@H]5C4(C)C)[C@H](O[C@@H]4O[C@H](CO)[C@@H](O)[C@H](O)[C@H]4O)[C@H]3O)O[C@H](CO)[C@@H](O)[C@@H]2O)[C@H](O)[C@H](O)[C@H]1O. The number of aliphatic hydroxyl groups is 17. The predicted octanol–water partition coefficient (Wildman–Crippen LogP) is -4.60.